The van der Waals surface area contributed by atoms with E-state index in [1.165, 1.54) is 77.0 Å². The van der Waals surface area contributed by atoms with Crippen molar-refractivity contribution in [3.8, 4) is 0 Å². The summed E-state index contributed by atoms with van der Waals surface area (Å²) in [5, 5.41) is 17.7. The first kappa shape index (κ1) is 24.6. The molecule has 0 aliphatic heterocycles. The maximum atomic E-state index is 10.4. The molecule has 140 valence electrons. The number of hydrogen-bond donors (Lipinski definition) is 4. The monoisotopic (exact) mass is 332 g/mol. The predicted molar refractivity (Wildman–Crippen MR) is 96.9 cm³/mol. The molecule has 0 aromatic heterocycles. The van der Waals surface area contributed by atoms with Crippen LogP contribution in [0, 0.1) is 0 Å². The third kappa shape index (κ3) is 21.4. The Bertz CT molecular complexity index is 238. The van der Waals surface area contributed by atoms with Gasteiger partial charge in [0.1, 0.15) is 0 Å². The molecule has 1 atom stereocenters. The summed E-state index contributed by atoms with van der Waals surface area (Å²) < 4.78 is 0. The molecule has 1 unspecified atom stereocenters. The van der Waals surface area contributed by atoms with E-state index in [9.17, 15) is 4.79 Å². The number of aliphatic hydroxyl groups is 1. The molecule has 0 spiro atoms. The van der Waals surface area contributed by atoms with Crippen LogP contribution in [0.5, 0.6) is 0 Å². The number of rotatable bonds is 16. The topological polar surface area (TPSA) is 110 Å². The number of hydrazine groups is 1. The van der Waals surface area contributed by atoms with Gasteiger partial charge < -0.3 is 10.2 Å². The first-order chi connectivity index (χ1) is 11.2. The number of carbonyl (C=O) groups is 1. The van der Waals surface area contributed by atoms with Crippen molar-refractivity contribution in [3.05, 3.63) is 0 Å². The van der Waals surface area contributed by atoms with Gasteiger partial charge in [-0.3, -0.25) is 11.7 Å². The zero-order valence-electron chi connectivity index (χ0n) is 15.1. The van der Waals surface area contributed by atoms with Crippen molar-refractivity contribution >= 4 is 5.97 Å². The van der Waals surface area contributed by atoms with Crippen LogP contribution in [0.15, 0.2) is 0 Å². The zero-order valence-corrected chi connectivity index (χ0v) is 15.1. The van der Waals surface area contributed by atoms with Crippen LogP contribution in [0.4, 0.5) is 0 Å². The number of nitrogens with two attached hydrogens (primary N) is 2. The molecule has 0 fully saturated rings. The molecule has 0 saturated carbocycles. The Balaban J connectivity index is 0. The molecule has 0 aromatic carbocycles. The molecule has 6 N–H and O–H groups in total. The van der Waals surface area contributed by atoms with E-state index in [-0.39, 0.29) is 0 Å². The summed E-state index contributed by atoms with van der Waals surface area (Å²) in [6.07, 6.45) is 17.3. The largest absolute Gasteiger partial charge is 0.479 e. The fraction of sp³-hybridized carbons (Fsp3) is 0.944. The van der Waals surface area contributed by atoms with Crippen LogP contribution in [0.1, 0.15) is 103 Å². The van der Waals surface area contributed by atoms with E-state index in [1.54, 1.807) is 0 Å². The van der Waals surface area contributed by atoms with Gasteiger partial charge in [-0.25, -0.2) is 4.79 Å². The Morgan fingerprint density at radius 3 is 1.35 bits per heavy atom. The maximum absolute atomic E-state index is 10.4. The van der Waals surface area contributed by atoms with Gasteiger partial charge >= 0.3 is 5.97 Å². The van der Waals surface area contributed by atoms with Crippen molar-refractivity contribution in [2.45, 2.75) is 109 Å². The van der Waals surface area contributed by atoms with Crippen LogP contribution in [0.3, 0.4) is 0 Å². The Kier molecular flexibility index (Phi) is 22.8. The van der Waals surface area contributed by atoms with Crippen LogP contribution < -0.4 is 11.7 Å². The lowest BCUT2D eigenvalue weighted by molar-refractivity contribution is -0.146. The Labute approximate surface area is 142 Å². The van der Waals surface area contributed by atoms with Crippen LogP contribution in [0.2, 0.25) is 0 Å². The minimum absolute atomic E-state index is 0.396. The minimum atomic E-state index is -1.16. The average Bonchev–Trinajstić information content (AvgIpc) is 2.56. The summed E-state index contributed by atoms with van der Waals surface area (Å²) in [4.78, 5) is 10.4. The molecule has 5 heteroatoms. The van der Waals surface area contributed by atoms with Gasteiger partial charge in [0, 0.05) is 0 Å². The molecule has 23 heavy (non-hydrogen) atoms. The predicted octanol–water partition coefficient (Wildman–Crippen LogP) is 4.12. The molecule has 0 rings (SSSR count). The van der Waals surface area contributed by atoms with Gasteiger partial charge in [-0.2, -0.15) is 0 Å². The molecule has 0 aromatic rings. The smallest absolute Gasteiger partial charge is 0.332 e. The second-order valence-corrected chi connectivity index (χ2v) is 6.24. The molecular weight excluding hydrogens is 292 g/mol. The number of aliphatic hydroxyl groups excluding tert-OH is 1. The number of unbranched alkanes of at least 4 members (excludes halogenated alkanes) is 13. The van der Waals surface area contributed by atoms with Gasteiger partial charge in [-0.1, -0.05) is 96.8 Å². The summed E-state index contributed by atoms with van der Waals surface area (Å²) in [5.74, 6) is 6.91. The van der Waals surface area contributed by atoms with Crippen LogP contribution in [0.25, 0.3) is 0 Å². The van der Waals surface area contributed by atoms with E-state index in [0.29, 0.717) is 6.42 Å². The maximum Gasteiger partial charge on any atom is 0.332 e. The third-order valence-corrected chi connectivity index (χ3v) is 4.12. The van der Waals surface area contributed by atoms with Crippen molar-refractivity contribution < 1.29 is 15.0 Å². The van der Waals surface area contributed by atoms with Crippen LogP contribution in [-0.4, -0.2) is 22.3 Å². The number of carboxylic acids is 1. The highest BCUT2D eigenvalue weighted by atomic mass is 16.4. The molecule has 0 bridgehead atoms. The lowest BCUT2D eigenvalue weighted by Gasteiger charge is -2.05. The highest BCUT2D eigenvalue weighted by molar-refractivity contribution is 5.71. The van der Waals surface area contributed by atoms with E-state index >= 15 is 0 Å². The molecule has 0 amide bonds. The van der Waals surface area contributed by atoms with Crippen molar-refractivity contribution in [3.63, 3.8) is 0 Å². The first-order valence-corrected chi connectivity index (χ1v) is 9.42. The first-order valence-electron chi connectivity index (χ1n) is 9.42. The molecule has 0 aliphatic carbocycles. The van der Waals surface area contributed by atoms with E-state index in [2.05, 4.69) is 18.6 Å². The second-order valence-electron chi connectivity index (χ2n) is 6.24. The molecule has 0 radical (unpaired) electrons. The number of hydrogen-bond acceptors (Lipinski definition) is 4. The normalized spacial score (nSPS) is 11.7. The zero-order chi connectivity index (χ0) is 17.8. The standard InChI is InChI=1S/C18H36O3.H4N2/c1-2-3-4-5-6-7-8-9-10-11-12-13-14-15-16-17(19)18(20)21;1-2/h17,19H,2-16H2,1H3,(H,20,21);1-2H2. The Morgan fingerprint density at radius 1 is 0.739 bits per heavy atom. The van der Waals surface area contributed by atoms with E-state index < -0.39 is 12.1 Å². The summed E-state index contributed by atoms with van der Waals surface area (Å²) in [6, 6.07) is 0. The molecule has 0 saturated heterocycles. The fourth-order valence-electron chi connectivity index (χ4n) is 2.66. The van der Waals surface area contributed by atoms with Crippen LogP contribution in [-0.2, 0) is 4.79 Å². The quantitative estimate of drug-likeness (QED) is 0.193. The van der Waals surface area contributed by atoms with Gasteiger partial charge in [-0.05, 0) is 6.42 Å². The summed E-state index contributed by atoms with van der Waals surface area (Å²) in [7, 11) is 0. The summed E-state index contributed by atoms with van der Waals surface area (Å²) >= 11 is 0. The summed E-state index contributed by atoms with van der Waals surface area (Å²) in [6.45, 7) is 2.26. The SMILES string of the molecule is CCCCCCCCCCCCCCCCC(O)C(=O)O.NN. The van der Waals surface area contributed by atoms with E-state index in [4.69, 9.17) is 10.2 Å². The highest BCUT2D eigenvalue weighted by Crippen LogP contribution is 2.13. The van der Waals surface area contributed by atoms with Crippen molar-refractivity contribution in [1.82, 2.24) is 0 Å². The Morgan fingerprint density at radius 2 is 1.04 bits per heavy atom. The molecule has 0 aliphatic rings. The number of carboxylic acid groups (broad SMARTS) is 1. The lowest BCUT2D eigenvalue weighted by atomic mass is 10.0. The fourth-order valence-corrected chi connectivity index (χ4v) is 2.66. The Hall–Kier alpha value is -0.650. The van der Waals surface area contributed by atoms with Gasteiger partial charge in [0.2, 0.25) is 0 Å². The minimum Gasteiger partial charge on any atom is -0.479 e. The molecular formula is C18H40N2O3. The van der Waals surface area contributed by atoms with Crippen molar-refractivity contribution in [1.29, 1.82) is 0 Å². The second kappa shape index (κ2) is 21.4. The van der Waals surface area contributed by atoms with Gasteiger partial charge in [-0.15, -0.1) is 0 Å². The van der Waals surface area contributed by atoms with Gasteiger partial charge in [0.25, 0.3) is 0 Å². The highest BCUT2D eigenvalue weighted by Gasteiger charge is 2.11. The van der Waals surface area contributed by atoms with Gasteiger partial charge in [0.15, 0.2) is 6.10 Å². The van der Waals surface area contributed by atoms with Crippen molar-refractivity contribution in [2.75, 3.05) is 0 Å². The van der Waals surface area contributed by atoms with Crippen LogP contribution >= 0.6 is 0 Å². The third-order valence-electron chi connectivity index (χ3n) is 4.12. The summed E-state index contributed by atoms with van der Waals surface area (Å²) in [5.41, 5.74) is 0. The lowest BCUT2D eigenvalue weighted by Crippen LogP contribution is -2.18. The van der Waals surface area contributed by atoms with Gasteiger partial charge in [0.05, 0.1) is 0 Å². The number of aliphatic carboxylic acids is 1. The average molecular weight is 333 g/mol. The van der Waals surface area contributed by atoms with E-state index in [0.717, 1.165) is 12.8 Å². The molecule has 0 heterocycles. The molecule has 5 nitrogen and oxygen atoms in total. The van der Waals surface area contributed by atoms with Crippen molar-refractivity contribution in [2.24, 2.45) is 11.7 Å². The van der Waals surface area contributed by atoms with E-state index in [1.807, 2.05) is 0 Å².